The molecular formula is C23H31N3O3. The Hall–Kier alpha value is -2.24. The van der Waals surface area contributed by atoms with Crippen molar-refractivity contribution in [3.05, 3.63) is 22.8 Å². The first-order chi connectivity index (χ1) is 14.1. The molecule has 2 fully saturated rings. The molecule has 0 aromatic heterocycles. The summed E-state index contributed by atoms with van der Waals surface area (Å²) in [5.41, 5.74) is 4.02. The summed E-state index contributed by atoms with van der Waals surface area (Å²) in [6.07, 6.45) is 9.92. The van der Waals surface area contributed by atoms with Crippen molar-refractivity contribution in [1.29, 1.82) is 0 Å². The number of hydrogen-bond acceptors (Lipinski definition) is 4. The van der Waals surface area contributed by atoms with E-state index < -0.39 is 6.04 Å². The van der Waals surface area contributed by atoms with Crippen LogP contribution >= 0.6 is 0 Å². The minimum Gasteiger partial charge on any atom is -0.507 e. The fourth-order valence-electron chi connectivity index (χ4n) is 5.66. The van der Waals surface area contributed by atoms with Gasteiger partial charge in [0.1, 0.15) is 11.8 Å². The average molecular weight is 398 g/mol. The lowest BCUT2D eigenvalue weighted by Gasteiger charge is -2.41. The molecule has 5 rings (SSSR count). The van der Waals surface area contributed by atoms with Crippen LogP contribution in [0.3, 0.4) is 0 Å². The van der Waals surface area contributed by atoms with Crippen LogP contribution in [0.5, 0.6) is 5.75 Å². The fourth-order valence-corrected chi connectivity index (χ4v) is 5.66. The summed E-state index contributed by atoms with van der Waals surface area (Å²) in [4.78, 5) is 29.7. The fraction of sp³-hybridized carbons (Fsp3) is 0.652. The van der Waals surface area contributed by atoms with E-state index in [1.165, 1.54) is 17.7 Å². The van der Waals surface area contributed by atoms with Gasteiger partial charge in [0.25, 0.3) is 0 Å². The summed E-state index contributed by atoms with van der Waals surface area (Å²) in [6.45, 7) is 2.66. The van der Waals surface area contributed by atoms with Gasteiger partial charge >= 0.3 is 0 Å². The maximum atomic E-state index is 13.4. The Morgan fingerprint density at radius 1 is 1.03 bits per heavy atom. The van der Waals surface area contributed by atoms with Gasteiger partial charge in [0, 0.05) is 48.9 Å². The number of hydrogen-bond donors (Lipinski definition) is 2. The number of carbonyl (C=O) groups excluding carboxylic acids is 2. The summed E-state index contributed by atoms with van der Waals surface area (Å²) in [5.74, 6) is 0.107. The van der Waals surface area contributed by atoms with Crippen molar-refractivity contribution < 1.29 is 14.7 Å². The van der Waals surface area contributed by atoms with Gasteiger partial charge in [-0.05, 0) is 50.2 Å². The number of amides is 2. The number of benzene rings is 1. The molecule has 3 heterocycles. The quantitative estimate of drug-likeness (QED) is 0.767. The molecule has 2 N–H and O–H groups in total. The van der Waals surface area contributed by atoms with E-state index in [2.05, 4.69) is 10.2 Å². The highest BCUT2D eigenvalue weighted by atomic mass is 16.3. The van der Waals surface area contributed by atoms with E-state index in [1.807, 2.05) is 6.07 Å². The van der Waals surface area contributed by atoms with Crippen LogP contribution in [0.2, 0.25) is 0 Å². The first-order valence-corrected chi connectivity index (χ1v) is 11.4. The molecule has 0 radical (unpaired) electrons. The van der Waals surface area contributed by atoms with Crippen LogP contribution in [0, 0.1) is 0 Å². The summed E-state index contributed by atoms with van der Waals surface area (Å²) >= 11 is 0. The third kappa shape index (κ3) is 3.26. The van der Waals surface area contributed by atoms with Gasteiger partial charge in [0.05, 0.1) is 0 Å². The molecule has 1 aromatic rings. The maximum absolute atomic E-state index is 13.4. The molecule has 156 valence electrons. The van der Waals surface area contributed by atoms with Crippen LogP contribution in [0.15, 0.2) is 6.07 Å². The highest BCUT2D eigenvalue weighted by molar-refractivity contribution is 5.92. The van der Waals surface area contributed by atoms with Gasteiger partial charge in [0.2, 0.25) is 11.8 Å². The lowest BCUT2D eigenvalue weighted by atomic mass is 9.86. The predicted octanol–water partition coefficient (Wildman–Crippen LogP) is 2.81. The number of phenolic OH excluding ortho intramolecular Hbond substituents is 1. The Bertz CT molecular complexity index is 829. The molecular weight excluding hydrogens is 366 g/mol. The Balaban J connectivity index is 1.52. The van der Waals surface area contributed by atoms with E-state index in [9.17, 15) is 14.7 Å². The second kappa shape index (κ2) is 7.54. The zero-order valence-electron chi connectivity index (χ0n) is 17.1. The largest absolute Gasteiger partial charge is 0.507 e. The van der Waals surface area contributed by atoms with Crippen molar-refractivity contribution in [2.24, 2.45) is 0 Å². The zero-order chi connectivity index (χ0) is 20.0. The minimum absolute atomic E-state index is 0.00110. The first-order valence-electron chi connectivity index (χ1n) is 11.4. The van der Waals surface area contributed by atoms with E-state index in [1.54, 1.807) is 4.90 Å². The molecule has 1 aromatic carbocycles. The zero-order valence-corrected chi connectivity index (χ0v) is 17.1. The third-order valence-electron chi connectivity index (χ3n) is 7.22. The molecule has 6 heteroatoms. The van der Waals surface area contributed by atoms with E-state index >= 15 is 0 Å². The smallest absolute Gasteiger partial charge is 0.247 e. The van der Waals surface area contributed by atoms with Crippen LogP contribution in [0.4, 0.5) is 5.69 Å². The Kier molecular flexibility index (Phi) is 4.88. The highest BCUT2D eigenvalue weighted by Gasteiger charge is 2.40. The van der Waals surface area contributed by atoms with Crippen molar-refractivity contribution in [3.63, 3.8) is 0 Å². The van der Waals surface area contributed by atoms with Gasteiger partial charge in [0.15, 0.2) is 0 Å². The van der Waals surface area contributed by atoms with Gasteiger partial charge in [-0.15, -0.1) is 0 Å². The molecule has 6 nitrogen and oxygen atoms in total. The number of likely N-dealkylation sites (tertiary alicyclic amines) is 1. The Morgan fingerprint density at radius 3 is 2.48 bits per heavy atom. The number of aromatic hydroxyl groups is 1. The molecule has 1 saturated carbocycles. The molecule has 2 amide bonds. The Labute approximate surface area is 172 Å². The van der Waals surface area contributed by atoms with Gasteiger partial charge in [-0.25, -0.2) is 0 Å². The van der Waals surface area contributed by atoms with E-state index in [4.69, 9.17) is 0 Å². The summed E-state index contributed by atoms with van der Waals surface area (Å²) in [6, 6.07) is 1.49. The van der Waals surface area contributed by atoms with E-state index in [-0.39, 0.29) is 23.6 Å². The normalized spacial score (nSPS) is 22.7. The first kappa shape index (κ1) is 18.8. The van der Waals surface area contributed by atoms with Crippen LogP contribution in [0.25, 0.3) is 0 Å². The summed E-state index contributed by atoms with van der Waals surface area (Å²) in [7, 11) is 0. The molecule has 0 bridgehead atoms. The standard InChI is InChI=1S/C23H31N3O3/c27-19-10-13-26(19)21(23(29)24-16-7-2-1-3-8-16)18-14-15-6-4-11-25-12-5-9-17(20(15)25)22(18)28/h14,16,21,28H,1-13H2,(H,24,29). The number of phenols is 1. The van der Waals surface area contributed by atoms with E-state index in [0.29, 0.717) is 18.5 Å². The number of aryl methyl sites for hydroxylation is 1. The molecule has 4 aliphatic rings. The topological polar surface area (TPSA) is 72.9 Å². The lowest BCUT2D eigenvalue weighted by Crippen LogP contribution is -2.52. The number of β-lactam (4-membered cyclic amide) rings is 1. The number of nitrogens with zero attached hydrogens (tertiary/aromatic N) is 2. The van der Waals surface area contributed by atoms with Gasteiger partial charge in [-0.1, -0.05) is 19.3 Å². The summed E-state index contributed by atoms with van der Waals surface area (Å²) in [5, 5.41) is 14.4. The second-order valence-corrected chi connectivity index (χ2v) is 9.08. The van der Waals surface area contributed by atoms with Crippen LogP contribution in [-0.4, -0.2) is 47.5 Å². The van der Waals surface area contributed by atoms with Crippen LogP contribution in [0.1, 0.15) is 74.1 Å². The van der Waals surface area contributed by atoms with Crippen molar-refractivity contribution in [2.45, 2.75) is 76.3 Å². The van der Waals surface area contributed by atoms with Crippen molar-refractivity contribution >= 4 is 17.5 Å². The number of nitrogens with one attached hydrogen (secondary N) is 1. The molecule has 1 saturated heterocycles. The SMILES string of the molecule is O=C(NC1CCCCC1)C(c1cc2c3c(c1O)CCCN3CCC2)N1CCC1=O. The van der Waals surface area contributed by atoms with Crippen LogP contribution in [-0.2, 0) is 22.4 Å². The van der Waals surface area contributed by atoms with E-state index in [0.717, 1.165) is 70.0 Å². The molecule has 29 heavy (non-hydrogen) atoms. The second-order valence-electron chi connectivity index (χ2n) is 9.08. The molecule has 1 unspecified atom stereocenters. The van der Waals surface area contributed by atoms with Gasteiger partial charge in [-0.3, -0.25) is 9.59 Å². The predicted molar refractivity (Wildman–Crippen MR) is 111 cm³/mol. The van der Waals surface area contributed by atoms with Crippen LogP contribution < -0.4 is 10.2 Å². The van der Waals surface area contributed by atoms with Crippen molar-refractivity contribution in [1.82, 2.24) is 10.2 Å². The van der Waals surface area contributed by atoms with Crippen molar-refractivity contribution in [3.8, 4) is 5.75 Å². The molecule has 1 aliphatic carbocycles. The number of carbonyl (C=O) groups is 2. The lowest BCUT2D eigenvalue weighted by molar-refractivity contribution is -0.149. The molecule has 0 spiro atoms. The van der Waals surface area contributed by atoms with Crippen molar-refractivity contribution in [2.75, 3.05) is 24.5 Å². The minimum atomic E-state index is -0.711. The number of rotatable bonds is 4. The van der Waals surface area contributed by atoms with Gasteiger partial charge in [-0.2, -0.15) is 0 Å². The third-order valence-corrected chi connectivity index (χ3v) is 7.22. The highest BCUT2D eigenvalue weighted by Crippen LogP contribution is 2.45. The molecule has 3 aliphatic heterocycles. The maximum Gasteiger partial charge on any atom is 0.247 e. The summed E-state index contributed by atoms with van der Waals surface area (Å²) < 4.78 is 0. The molecule has 1 atom stereocenters. The Morgan fingerprint density at radius 2 is 1.79 bits per heavy atom. The van der Waals surface area contributed by atoms with Gasteiger partial charge < -0.3 is 20.2 Å². The number of anilines is 1. The monoisotopic (exact) mass is 397 g/mol. The average Bonchev–Trinajstić information content (AvgIpc) is 2.74.